The van der Waals surface area contributed by atoms with Crippen molar-refractivity contribution in [2.24, 2.45) is 0 Å². The average molecular weight is 879 g/mol. The molecule has 2 heterocycles. The summed E-state index contributed by atoms with van der Waals surface area (Å²) < 4.78 is 36.4. The number of allylic oxidation sites excluding steroid dienone is 1. The van der Waals surface area contributed by atoms with E-state index in [2.05, 4.69) is 39.2 Å². The number of carbonyl (C=O) groups excluding carboxylic acids is 5. The van der Waals surface area contributed by atoms with E-state index >= 15 is 4.79 Å². The predicted octanol–water partition coefficient (Wildman–Crippen LogP) is 7.74. The average Bonchev–Trinajstić information content (AvgIpc) is 3.58. The minimum atomic E-state index is -2.37. The van der Waals surface area contributed by atoms with Crippen molar-refractivity contribution in [2.45, 2.75) is 83.2 Å². The van der Waals surface area contributed by atoms with Gasteiger partial charge in [-0.15, -0.1) is 0 Å². The fourth-order valence-electron chi connectivity index (χ4n) is 6.77. The van der Waals surface area contributed by atoms with Crippen molar-refractivity contribution < 1.29 is 52.1 Å². The number of amides is 1. The molecule has 4 aromatic rings. The fourth-order valence-corrected chi connectivity index (χ4v) is 8.14. The predicted molar refractivity (Wildman–Crippen MR) is 236 cm³/mol. The van der Waals surface area contributed by atoms with Crippen molar-refractivity contribution in [1.29, 1.82) is 0 Å². The summed E-state index contributed by atoms with van der Waals surface area (Å²) in [6.45, 7) is 13.4. The molecule has 0 saturated carbocycles. The number of nitrogens with zero attached hydrogens (tertiary/aromatic N) is 1. The van der Waals surface area contributed by atoms with Gasteiger partial charge in [0.2, 0.25) is 8.32 Å². The maximum Gasteiger partial charge on any atom is 0.338 e. The lowest BCUT2D eigenvalue weighted by Gasteiger charge is -2.40. The third-order valence-corrected chi connectivity index (χ3v) is 15.6. The summed E-state index contributed by atoms with van der Waals surface area (Å²) in [4.78, 5) is 71.4. The highest BCUT2D eigenvalue weighted by atomic mass is 32.1. The molecule has 13 nitrogen and oxygen atoms in total. The molecule has 4 aromatic carbocycles. The van der Waals surface area contributed by atoms with E-state index in [1.54, 1.807) is 98.8 Å². The van der Waals surface area contributed by atoms with Gasteiger partial charge in [0, 0.05) is 5.70 Å². The Hall–Kier alpha value is -6.16. The molecule has 0 radical (unpaired) electrons. The number of esters is 4. The van der Waals surface area contributed by atoms with Crippen molar-refractivity contribution in [1.82, 2.24) is 10.2 Å². The number of rotatable bonds is 13. The van der Waals surface area contributed by atoms with Crippen LogP contribution in [0, 0.1) is 0 Å². The van der Waals surface area contributed by atoms with Crippen LogP contribution in [0.15, 0.2) is 127 Å². The molecular formula is C47H50N2O11SSi. The number of carbonyl (C=O) groups is 5. The van der Waals surface area contributed by atoms with Gasteiger partial charge in [0.05, 0.1) is 34.9 Å². The second-order valence-electron chi connectivity index (χ2n) is 16.3. The molecule has 0 unspecified atom stereocenters. The number of ether oxygens (including phenoxy) is 5. The zero-order valence-corrected chi connectivity index (χ0v) is 37.4. The van der Waals surface area contributed by atoms with Gasteiger partial charge < -0.3 is 33.4 Å². The second kappa shape index (κ2) is 19.3. The van der Waals surface area contributed by atoms with Crippen molar-refractivity contribution in [2.75, 3.05) is 13.2 Å². The zero-order valence-electron chi connectivity index (χ0n) is 35.6. The van der Waals surface area contributed by atoms with Gasteiger partial charge in [-0.05, 0) is 98.3 Å². The van der Waals surface area contributed by atoms with Gasteiger partial charge in [-0.2, -0.15) is 0 Å². The summed E-state index contributed by atoms with van der Waals surface area (Å²) >= 11 is 5.87. The summed E-state index contributed by atoms with van der Waals surface area (Å²) in [6, 6.07) is 30.2. The third-order valence-electron chi connectivity index (χ3n) is 11.0. The third kappa shape index (κ3) is 10.1. The highest BCUT2D eigenvalue weighted by Gasteiger charge is 2.56. The number of hydrogen-bond acceptors (Lipinski definition) is 12. The molecule has 1 amide bonds. The van der Waals surface area contributed by atoms with E-state index in [0.29, 0.717) is 17.0 Å². The van der Waals surface area contributed by atoms with Crippen LogP contribution in [-0.2, 0) is 33.3 Å². The molecule has 1 N–H and O–H groups in total. The Morgan fingerprint density at radius 2 is 1.26 bits per heavy atom. The largest absolute Gasteiger partial charge is 0.543 e. The van der Waals surface area contributed by atoms with E-state index in [1.807, 2.05) is 6.07 Å². The SMILES string of the molecule is CCOC(=O)C1=C(C)NC(=S)N(C(=O)[C@@H]2O[C@H](COC(=O)c3ccccc3)[C@@H](OC(=O)c3ccccc3)[C@H]2OC(=O)c2ccccc2)[C@@H]1c1cccc(O[Si](C)(C)C(C)(C)C)c1. The summed E-state index contributed by atoms with van der Waals surface area (Å²) in [6.07, 6.45) is -6.20. The fraction of sp³-hybridized carbons (Fsp3) is 0.319. The monoisotopic (exact) mass is 878 g/mol. The first-order valence-corrected chi connectivity index (χ1v) is 23.5. The lowest BCUT2D eigenvalue weighted by atomic mass is 9.92. The van der Waals surface area contributed by atoms with Crippen LogP contribution in [0.5, 0.6) is 5.75 Å². The van der Waals surface area contributed by atoms with E-state index in [0.717, 1.165) is 0 Å². The van der Waals surface area contributed by atoms with Crippen molar-refractivity contribution in [3.05, 3.63) is 149 Å². The number of benzene rings is 4. The maximum absolute atomic E-state index is 15.4. The highest BCUT2D eigenvalue weighted by molar-refractivity contribution is 7.80. The molecular weight excluding hydrogens is 829 g/mol. The van der Waals surface area contributed by atoms with Crippen molar-refractivity contribution in [3.63, 3.8) is 0 Å². The molecule has 0 spiro atoms. The summed E-state index contributed by atoms with van der Waals surface area (Å²) in [5.74, 6) is -3.43. The molecule has 5 atom stereocenters. The first-order valence-electron chi connectivity index (χ1n) is 20.2. The van der Waals surface area contributed by atoms with Gasteiger partial charge in [0.1, 0.15) is 18.5 Å². The maximum atomic E-state index is 15.4. The topological polar surface area (TPSA) is 156 Å². The second-order valence-corrected chi connectivity index (χ2v) is 21.4. The Balaban J connectivity index is 1.45. The first-order chi connectivity index (χ1) is 29.5. The van der Waals surface area contributed by atoms with Crippen LogP contribution in [-0.4, -0.2) is 85.7 Å². The number of nitrogens with one attached hydrogen (secondary N) is 1. The smallest absolute Gasteiger partial charge is 0.338 e. The Kier molecular flexibility index (Phi) is 14.1. The highest BCUT2D eigenvalue weighted by Crippen LogP contribution is 2.41. The Bertz CT molecular complexity index is 2330. The zero-order chi connectivity index (χ0) is 44.8. The molecule has 2 aliphatic rings. The molecule has 1 fully saturated rings. The molecule has 2 aliphatic heterocycles. The molecule has 1 saturated heterocycles. The lowest BCUT2D eigenvalue weighted by molar-refractivity contribution is -0.146. The van der Waals surface area contributed by atoms with E-state index in [-0.39, 0.29) is 39.0 Å². The standard InChI is InChI=1S/C47H50N2O11SSi/c1-8-55-45(54)36-29(2)48-46(61)49(37(36)33-25-18-26-34(27-33)60-62(6,7)47(3,4)5)41(50)40-39(59-44(53)32-23-16-11-17-24-32)38(58-43(52)31-21-14-10-15-22-31)35(57-40)28-56-42(51)30-19-12-9-13-20-30/h9-27,35,37-40H,8,28H2,1-7H3,(H,48,61)/t35-,37-,38-,39-,40-/m1/s1. The van der Waals surface area contributed by atoms with Gasteiger partial charge in [-0.1, -0.05) is 87.5 Å². The van der Waals surface area contributed by atoms with Crippen molar-refractivity contribution in [3.8, 4) is 5.75 Å². The molecule has 6 rings (SSSR count). The van der Waals surface area contributed by atoms with Crippen LogP contribution >= 0.6 is 12.2 Å². The first kappa shape index (κ1) is 45.4. The molecule has 324 valence electrons. The van der Waals surface area contributed by atoms with Crippen molar-refractivity contribution >= 4 is 55.4 Å². The van der Waals surface area contributed by atoms with Crippen LogP contribution in [0.25, 0.3) is 0 Å². The molecule has 0 aliphatic carbocycles. The normalized spacial score (nSPS) is 20.1. The van der Waals surface area contributed by atoms with Crippen LogP contribution in [0.2, 0.25) is 18.1 Å². The van der Waals surface area contributed by atoms with Crippen LogP contribution in [0.4, 0.5) is 0 Å². The van der Waals surface area contributed by atoms with E-state index in [1.165, 1.54) is 29.2 Å². The molecule has 15 heteroatoms. The van der Waals surface area contributed by atoms with Crippen LogP contribution < -0.4 is 9.74 Å². The summed E-state index contributed by atoms with van der Waals surface area (Å²) in [5.41, 5.74) is 1.42. The van der Waals surface area contributed by atoms with Gasteiger partial charge in [0.15, 0.2) is 23.4 Å². The molecule has 0 bridgehead atoms. The van der Waals surface area contributed by atoms with E-state index in [9.17, 15) is 19.2 Å². The van der Waals surface area contributed by atoms with E-state index < -0.39 is 75.2 Å². The summed E-state index contributed by atoms with van der Waals surface area (Å²) in [7, 11) is -2.37. The van der Waals surface area contributed by atoms with Crippen LogP contribution in [0.3, 0.4) is 0 Å². The van der Waals surface area contributed by atoms with Crippen LogP contribution in [0.1, 0.15) is 77.3 Å². The lowest BCUT2D eigenvalue weighted by Crippen LogP contribution is -2.56. The number of hydrogen-bond donors (Lipinski definition) is 1. The summed E-state index contributed by atoms with van der Waals surface area (Å²) in [5, 5.41) is 2.74. The number of thiocarbonyl (C=S) groups is 1. The molecule has 0 aromatic heterocycles. The minimum Gasteiger partial charge on any atom is -0.543 e. The minimum absolute atomic E-state index is 0.0380. The van der Waals surface area contributed by atoms with Gasteiger partial charge in [-0.25, -0.2) is 19.2 Å². The Morgan fingerprint density at radius 3 is 1.79 bits per heavy atom. The van der Waals surface area contributed by atoms with Gasteiger partial charge in [0.25, 0.3) is 5.91 Å². The van der Waals surface area contributed by atoms with Gasteiger partial charge >= 0.3 is 23.9 Å². The van der Waals surface area contributed by atoms with E-state index in [4.69, 9.17) is 40.3 Å². The Labute approximate surface area is 367 Å². The quantitative estimate of drug-likeness (QED) is 0.0603. The Morgan fingerprint density at radius 1 is 0.726 bits per heavy atom. The molecule has 62 heavy (non-hydrogen) atoms. The van der Waals surface area contributed by atoms with Gasteiger partial charge in [-0.3, -0.25) is 9.69 Å².